The molecule has 2 unspecified atom stereocenters. The summed E-state index contributed by atoms with van der Waals surface area (Å²) in [4.78, 5) is 31.9. The number of nitrogens with zero attached hydrogens (tertiary/aromatic N) is 1. The molecule has 2 atom stereocenters. The van der Waals surface area contributed by atoms with Crippen LogP contribution in [0.1, 0.15) is 56.2 Å². The Kier molecular flexibility index (Phi) is 5.73. The summed E-state index contributed by atoms with van der Waals surface area (Å²) in [5, 5.41) is 12.2. The van der Waals surface area contributed by atoms with E-state index >= 15 is 0 Å². The van der Waals surface area contributed by atoms with Crippen molar-refractivity contribution in [3.63, 3.8) is 0 Å². The van der Waals surface area contributed by atoms with Gasteiger partial charge in [-0.15, -0.1) is 0 Å². The molecule has 3 rings (SSSR count). The van der Waals surface area contributed by atoms with Crippen molar-refractivity contribution in [2.45, 2.75) is 45.1 Å². The van der Waals surface area contributed by atoms with Crippen molar-refractivity contribution in [1.29, 1.82) is 0 Å². The van der Waals surface area contributed by atoms with Crippen molar-refractivity contribution < 1.29 is 9.59 Å². The van der Waals surface area contributed by atoms with Gasteiger partial charge in [-0.3, -0.25) is 9.59 Å². The molecular weight excluding hydrogens is 332 g/mol. The highest BCUT2D eigenvalue weighted by atomic mass is 16.2. The van der Waals surface area contributed by atoms with Crippen LogP contribution in [-0.4, -0.2) is 54.0 Å². The normalized spacial score (nSPS) is 23.8. The quantitative estimate of drug-likeness (QED) is 0.481. The smallest absolute Gasteiger partial charge is 0.268 e. The van der Waals surface area contributed by atoms with Crippen molar-refractivity contribution in [2.75, 3.05) is 26.2 Å². The summed E-state index contributed by atoms with van der Waals surface area (Å²) in [7, 11) is 0. The van der Waals surface area contributed by atoms with Crippen LogP contribution in [0.3, 0.4) is 0 Å². The van der Waals surface area contributed by atoms with Crippen molar-refractivity contribution >= 4 is 17.9 Å². The van der Waals surface area contributed by atoms with E-state index in [1.807, 2.05) is 0 Å². The van der Waals surface area contributed by atoms with Gasteiger partial charge in [0.25, 0.3) is 5.91 Å². The van der Waals surface area contributed by atoms with Crippen molar-refractivity contribution in [1.82, 2.24) is 31.2 Å². The molecule has 2 fully saturated rings. The van der Waals surface area contributed by atoms with Crippen LogP contribution < -0.4 is 21.3 Å². The van der Waals surface area contributed by atoms with E-state index in [4.69, 9.17) is 4.98 Å². The molecule has 2 aliphatic heterocycles. The summed E-state index contributed by atoms with van der Waals surface area (Å²) < 4.78 is 0. The Hall–Kier alpha value is -2.19. The van der Waals surface area contributed by atoms with E-state index in [1.54, 1.807) is 6.08 Å². The highest BCUT2D eigenvalue weighted by Crippen LogP contribution is 2.27. The molecule has 2 aliphatic rings. The lowest BCUT2D eigenvalue weighted by Gasteiger charge is -2.30. The van der Waals surface area contributed by atoms with Crippen LogP contribution in [0.2, 0.25) is 0 Å². The molecule has 0 bridgehead atoms. The molecule has 142 valence electrons. The molecule has 1 aromatic rings. The Labute approximate surface area is 153 Å². The van der Waals surface area contributed by atoms with E-state index in [-0.39, 0.29) is 35.9 Å². The van der Waals surface area contributed by atoms with E-state index < -0.39 is 0 Å². The first-order valence-electron chi connectivity index (χ1n) is 9.33. The van der Waals surface area contributed by atoms with Gasteiger partial charge in [0.15, 0.2) is 0 Å². The Morgan fingerprint density at radius 2 is 2.08 bits per heavy atom. The van der Waals surface area contributed by atoms with Gasteiger partial charge < -0.3 is 26.3 Å². The third-order valence-corrected chi connectivity index (χ3v) is 4.92. The predicted molar refractivity (Wildman–Crippen MR) is 99.5 cm³/mol. The molecule has 8 nitrogen and oxygen atoms in total. The Bertz CT molecular complexity index is 703. The fraction of sp³-hybridized carbons (Fsp3) is 0.611. The first-order chi connectivity index (χ1) is 12.5. The number of rotatable bonds is 5. The number of hydrogen-bond donors (Lipinski definition) is 5. The lowest BCUT2D eigenvalue weighted by molar-refractivity contribution is -0.127. The van der Waals surface area contributed by atoms with Gasteiger partial charge in [-0.1, -0.05) is 20.8 Å². The minimum absolute atomic E-state index is 0.0112. The van der Waals surface area contributed by atoms with Gasteiger partial charge >= 0.3 is 0 Å². The molecule has 0 radical (unpaired) electrons. The van der Waals surface area contributed by atoms with Gasteiger partial charge in [-0.25, -0.2) is 4.98 Å². The number of aromatic amines is 1. The zero-order valence-electron chi connectivity index (χ0n) is 15.6. The number of amides is 2. The lowest BCUT2D eigenvalue weighted by atomic mass is 9.95. The SMILES string of the molecule is CCC(c1nc(C=C2NC(=O)CNC2=O)c(C(C)C)[nH]1)C1CNCCN1. The molecule has 0 aliphatic carbocycles. The van der Waals surface area contributed by atoms with Crippen LogP contribution in [0.5, 0.6) is 0 Å². The third kappa shape index (κ3) is 3.96. The average Bonchev–Trinajstić information content (AvgIpc) is 3.03. The van der Waals surface area contributed by atoms with E-state index in [2.05, 4.69) is 47.0 Å². The number of carbonyl (C=O) groups is 2. The topological polar surface area (TPSA) is 111 Å². The van der Waals surface area contributed by atoms with Crippen molar-refractivity contribution in [3.8, 4) is 0 Å². The second-order valence-electron chi connectivity index (χ2n) is 7.14. The number of hydrogen-bond acceptors (Lipinski definition) is 5. The van der Waals surface area contributed by atoms with Gasteiger partial charge in [0, 0.05) is 37.3 Å². The number of aromatic nitrogens is 2. The summed E-state index contributed by atoms with van der Waals surface area (Å²) in [6.07, 6.45) is 2.62. The van der Waals surface area contributed by atoms with E-state index in [1.165, 1.54) is 0 Å². The zero-order chi connectivity index (χ0) is 18.7. The molecule has 0 spiro atoms. The zero-order valence-corrected chi connectivity index (χ0v) is 15.6. The molecule has 0 saturated carbocycles. The summed E-state index contributed by atoms with van der Waals surface area (Å²) >= 11 is 0. The third-order valence-electron chi connectivity index (χ3n) is 4.92. The maximum atomic E-state index is 12.0. The second kappa shape index (κ2) is 8.01. The van der Waals surface area contributed by atoms with E-state index in [9.17, 15) is 9.59 Å². The van der Waals surface area contributed by atoms with Gasteiger partial charge in [-0.05, 0) is 18.4 Å². The maximum absolute atomic E-state index is 12.0. The monoisotopic (exact) mass is 360 g/mol. The minimum atomic E-state index is -0.283. The van der Waals surface area contributed by atoms with Crippen LogP contribution in [0.25, 0.3) is 6.08 Å². The molecular formula is C18H28N6O2. The van der Waals surface area contributed by atoms with E-state index in [0.29, 0.717) is 11.7 Å². The van der Waals surface area contributed by atoms with Crippen LogP contribution >= 0.6 is 0 Å². The first-order valence-corrected chi connectivity index (χ1v) is 9.33. The first kappa shape index (κ1) is 18.6. The number of imidazole rings is 1. The fourth-order valence-corrected chi connectivity index (χ4v) is 3.52. The van der Waals surface area contributed by atoms with Gasteiger partial charge in [0.05, 0.1) is 12.2 Å². The molecule has 2 amide bonds. The highest BCUT2D eigenvalue weighted by Gasteiger charge is 2.28. The summed E-state index contributed by atoms with van der Waals surface area (Å²) in [5.41, 5.74) is 1.93. The maximum Gasteiger partial charge on any atom is 0.268 e. The molecule has 0 aromatic carbocycles. The van der Waals surface area contributed by atoms with Crippen LogP contribution in [0.15, 0.2) is 5.70 Å². The van der Waals surface area contributed by atoms with Crippen molar-refractivity contribution in [3.05, 3.63) is 22.9 Å². The van der Waals surface area contributed by atoms with Gasteiger partial charge in [0.1, 0.15) is 11.5 Å². The molecule has 8 heteroatoms. The summed E-state index contributed by atoms with van der Waals surface area (Å²) in [6, 6.07) is 0.318. The molecule has 26 heavy (non-hydrogen) atoms. The standard InChI is InChI=1S/C18H28N6O2/c1-4-11(14-8-19-5-6-20-14)17-23-12(16(24-17)10(2)3)7-13-18(26)21-9-15(25)22-13/h7,10-11,14,19-20H,4-6,8-9H2,1-3H3,(H,21,26)(H,22,25)(H,23,24). The second-order valence-corrected chi connectivity index (χ2v) is 7.14. The van der Waals surface area contributed by atoms with E-state index in [0.717, 1.165) is 37.6 Å². The highest BCUT2D eigenvalue weighted by molar-refractivity contribution is 6.05. The van der Waals surface area contributed by atoms with Gasteiger partial charge in [0.2, 0.25) is 5.91 Å². The number of nitrogens with one attached hydrogen (secondary N) is 5. The summed E-state index contributed by atoms with van der Waals surface area (Å²) in [5.74, 6) is 0.894. The molecule has 1 aromatic heterocycles. The average molecular weight is 360 g/mol. The fourth-order valence-electron chi connectivity index (χ4n) is 3.52. The van der Waals surface area contributed by atoms with Crippen LogP contribution in [-0.2, 0) is 9.59 Å². The lowest BCUT2D eigenvalue weighted by Crippen LogP contribution is -2.51. The molecule has 3 heterocycles. The predicted octanol–water partition coefficient (Wildman–Crippen LogP) is 0.175. The molecule has 2 saturated heterocycles. The number of carbonyl (C=O) groups excluding carboxylic acids is 2. The summed E-state index contributed by atoms with van der Waals surface area (Å²) in [6.45, 7) is 9.17. The minimum Gasteiger partial charge on any atom is -0.345 e. The van der Waals surface area contributed by atoms with Crippen LogP contribution in [0, 0.1) is 0 Å². The molecule has 5 N–H and O–H groups in total. The largest absolute Gasteiger partial charge is 0.345 e. The van der Waals surface area contributed by atoms with Gasteiger partial charge in [-0.2, -0.15) is 0 Å². The Morgan fingerprint density at radius 1 is 1.27 bits per heavy atom. The van der Waals surface area contributed by atoms with Crippen molar-refractivity contribution in [2.24, 2.45) is 0 Å². The van der Waals surface area contributed by atoms with Crippen LogP contribution in [0.4, 0.5) is 0 Å². The Balaban J connectivity index is 1.92. The number of piperazine rings is 2. The Morgan fingerprint density at radius 3 is 2.73 bits per heavy atom. The number of H-pyrrole nitrogens is 1.